The Morgan fingerprint density at radius 1 is 1.11 bits per heavy atom. The van der Waals surface area contributed by atoms with Crippen LogP contribution in [0.15, 0.2) is 52.1 Å². The van der Waals surface area contributed by atoms with Gasteiger partial charge in [0.15, 0.2) is 0 Å². The molecule has 0 atom stereocenters. The molecule has 1 aliphatic rings. The maximum absolute atomic E-state index is 12.9. The van der Waals surface area contributed by atoms with E-state index in [0.717, 1.165) is 28.1 Å². The van der Waals surface area contributed by atoms with Gasteiger partial charge in [-0.1, -0.05) is 6.07 Å². The summed E-state index contributed by atoms with van der Waals surface area (Å²) in [6, 6.07) is 5.55. The van der Waals surface area contributed by atoms with Crippen LogP contribution in [0.25, 0.3) is 6.08 Å². The van der Waals surface area contributed by atoms with Gasteiger partial charge in [0.05, 0.1) is 10.5 Å². The van der Waals surface area contributed by atoms with Gasteiger partial charge in [0, 0.05) is 32.3 Å². The van der Waals surface area contributed by atoms with E-state index in [2.05, 4.69) is 0 Å². The number of hydrogen-bond acceptors (Lipinski definition) is 4. The van der Waals surface area contributed by atoms with Crippen LogP contribution in [-0.4, -0.2) is 49.7 Å². The van der Waals surface area contributed by atoms with Crippen LogP contribution in [-0.2, 0) is 21.0 Å². The third-order valence-electron chi connectivity index (χ3n) is 4.31. The Kier molecular flexibility index (Phi) is 5.92. The summed E-state index contributed by atoms with van der Waals surface area (Å²) in [7, 11) is -4.06. The number of carbonyl (C=O) groups is 1. The molecule has 0 unspecified atom stereocenters. The molecule has 1 amide bonds. The van der Waals surface area contributed by atoms with Crippen LogP contribution >= 0.6 is 11.3 Å². The number of amides is 1. The van der Waals surface area contributed by atoms with Gasteiger partial charge in [-0.2, -0.15) is 28.8 Å². The molecule has 2 aromatic rings. The minimum absolute atomic E-state index is 0.0244. The van der Waals surface area contributed by atoms with Gasteiger partial charge in [0.2, 0.25) is 15.9 Å². The summed E-state index contributed by atoms with van der Waals surface area (Å²) in [4.78, 5) is 13.3. The number of rotatable bonds is 4. The molecule has 28 heavy (non-hydrogen) atoms. The maximum Gasteiger partial charge on any atom is 0.416 e. The largest absolute Gasteiger partial charge is 0.416 e. The fraction of sp³-hybridized carbons (Fsp3) is 0.278. The third kappa shape index (κ3) is 4.62. The van der Waals surface area contributed by atoms with Crippen molar-refractivity contribution in [2.45, 2.75) is 11.1 Å². The molecule has 0 N–H and O–H groups in total. The van der Waals surface area contributed by atoms with Crippen molar-refractivity contribution in [1.82, 2.24) is 9.21 Å². The number of carbonyl (C=O) groups excluding carboxylic acids is 1. The summed E-state index contributed by atoms with van der Waals surface area (Å²) < 4.78 is 65.0. The van der Waals surface area contributed by atoms with Crippen molar-refractivity contribution in [3.63, 3.8) is 0 Å². The molecular weight excluding hydrogens is 413 g/mol. The number of piperazine rings is 1. The second-order valence-corrected chi connectivity index (χ2v) is 8.86. The van der Waals surface area contributed by atoms with E-state index >= 15 is 0 Å². The molecule has 1 fully saturated rings. The standard InChI is InChI=1S/C18H17F3N2O3S2/c19-18(20,21)15-2-1-3-16(12-15)28(25,26)23-9-7-22(8-10-23)17(24)5-4-14-6-11-27-13-14/h1-6,11-13H,7-10H2/b5-4+. The van der Waals surface area contributed by atoms with E-state index in [9.17, 15) is 26.4 Å². The summed E-state index contributed by atoms with van der Waals surface area (Å²) in [5, 5.41) is 3.78. The number of benzene rings is 1. The van der Waals surface area contributed by atoms with E-state index in [-0.39, 0.29) is 32.1 Å². The van der Waals surface area contributed by atoms with Crippen LogP contribution in [0.3, 0.4) is 0 Å². The zero-order valence-corrected chi connectivity index (χ0v) is 16.2. The predicted octanol–water partition coefficient (Wildman–Crippen LogP) is 3.31. The molecule has 0 spiro atoms. The second kappa shape index (κ2) is 8.06. The number of sulfonamides is 1. The first-order chi connectivity index (χ1) is 13.2. The number of thiophene rings is 1. The average Bonchev–Trinajstić information content (AvgIpc) is 3.19. The van der Waals surface area contributed by atoms with Crippen molar-refractivity contribution in [2.24, 2.45) is 0 Å². The Morgan fingerprint density at radius 3 is 2.43 bits per heavy atom. The molecule has 1 aliphatic heterocycles. The molecule has 0 aliphatic carbocycles. The van der Waals surface area contributed by atoms with E-state index < -0.39 is 26.7 Å². The zero-order valence-electron chi connectivity index (χ0n) is 14.6. The summed E-state index contributed by atoms with van der Waals surface area (Å²) >= 11 is 1.51. The first kappa shape index (κ1) is 20.6. The molecule has 1 aromatic carbocycles. The normalized spacial score (nSPS) is 16.6. The number of nitrogens with zero attached hydrogens (tertiary/aromatic N) is 2. The summed E-state index contributed by atoms with van der Waals surface area (Å²) in [6.07, 6.45) is -1.50. The van der Waals surface area contributed by atoms with Gasteiger partial charge in [-0.25, -0.2) is 8.42 Å². The van der Waals surface area contributed by atoms with Crippen molar-refractivity contribution < 1.29 is 26.4 Å². The Bertz CT molecular complexity index is 962. The lowest BCUT2D eigenvalue weighted by molar-refractivity contribution is -0.137. The topological polar surface area (TPSA) is 57.7 Å². The van der Waals surface area contributed by atoms with Crippen LogP contribution < -0.4 is 0 Å². The van der Waals surface area contributed by atoms with Crippen LogP contribution in [0.1, 0.15) is 11.1 Å². The zero-order chi connectivity index (χ0) is 20.4. The van der Waals surface area contributed by atoms with Crippen molar-refractivity contribution in [3.05, 3.63) is 58.3 Å². The lowest BCUT2D eigenvalue weighted by Gasteiger charge is -2.33. The third-order valence-corrected chi connectivity index (χ3v) is 6.91. The van der Waals surface area contributed by atoms with Crippen molar-refractivity contribution in [1.29, 1.82) is 0 Å². The van der Waals surface area contributed by atoms with E-state index in [0.29, 0.717) is 6.07 Å². The SMILES string of the molecule is O=C(/C=C/c1ccsc1)N1CCN(S(=O)(=O)c2cccc(C(F)(F)F)c2)CC1. The molecule has 0 bridgehead atoms. The van der Waals surface area contributed by atoms with Gasteiger partial charge >= 0.3 is 6.18 Å². The first-order valence-electron chi connectivity index (χ1n) is 8.34. The number of halogens is 3. The Labute approximate surface area is 164 Å². The van der Waals surface area contributed by atoms with Crippen molar-refractivity contribution in [2.75, 3.05) is 26.2 Å². The van der Waals surface area contributed by atoms with Gasteiger partial charge in [-0.3, -0.25) is 4.79 Å². The fourth-order valence-electron chi connectivity index (χ4n) is 2.77. The van der Waals surface area contributed by atoms with Gasteiger partial charge < -0.3 is 4.90 Å². The van der Waals surface area contributed by atoms with Gasteiger partial charge in [-0.15, -0.1) is 0 Å². The molecular formula is C18H17F3N2O3S2. The number of alkyl halides is 3. The Morgan fingerprint density at radius 2 is 1.82 bits per heavy atom. The Balaban J connectivity index is 1.66. The maximum atomic E-state index is 12.9. The van der Waals surface area contributed by atoms with Gasteiger partial charge in [0.1, 0.15) is 0 Å². The predicted molar refractivity (Wildman–Crippen MR) is 100 cm³/mol. The highest BCUT2D eigenvalue weighted by Crippen LogP contribution is 2.31. The molecule has 150 valence electrons. The Hall–Kier alpha value is -2.17. The number of hydrogen-bond donors (Lipinski definition) is 0. The van der Waals surface area contributed by atoms with Crippen molar-refractivity contribution in [3.8, 4) is 0 Å². The molecule has 5 nitrogen and oxygen atoms in total. The second-order valence-electron chi connectivity index (χ2n) is 6.14. The quantitative estimate of drug-likeness (QED) is 0.700. The first-order valence-corrected chi connectivity index (χ1v) is 10.7. The van der Waals surface area contributed by atoms with Crippen molar-refractivity contribution >= 4 is 33.3 Å². The van der Waals surface area contributed by atoms with Crippen LogP contribution in [0.4, 0.5) is 13.2 Å². The molecule has 1 saturated heterocycles. The van der Waals surface area contributed by atoms with Gasteiger partial charge in [0.25, 0.3) is 0 Å². The lowest BCUT2D eigenvalue weighted by Crippen LogP contribution is -2.50. The minimum atomic E-state index is -4.62. The molecule has 3 rings (SSSR count). The summed E-state index contributed by atoms with van der Waals surface area (Å²) in [6.45, 7) is 0.392. The highest BCUT2D eigenvalue weighted by Gasteiger charge is 2.34. The smallest absolute Gasteiger partial charge is 0.337 e. The van der Waals surface area contributed by atoms with E-state index in [1.807, 2.05) is 16.8 Å². The van der Waals surface area contributed by atoms with Crippen LogP contribution in [0.5, 0.6) is 0 Å². The van der Waals surface area contributed by atoms with Crippen LogP contribution in [0.2, 0.25) is 0 Å². The van der Waals surface area contributed by atoms with E-state index in [4.69, 9.17) is 0 Å². The highest BCUT2D eigenvalue weighted by atomic mass is 32.2. The van der Waals surface area contributed by atoms with E-state index in [1.165, 1.54) is 22.3 Å². The van der Waals surface area contributed by atoms with Crippen LogP contribution in [0, 0.1) is 0 Å². The molecule has 0 saturated carbocycles. The lowest BCUT2D eigenvalue weighted by atomic mass is 10.2. The average molecular weight is 430 g/mol. The van der Waals surface area contributed by atoms with Gasteiger partial charge in [-0.05, 0) is 46.7 Å². The summed E-state index contributed by atoms with van der Waals surface area (Å²) in [5.41, 5.74) is -0.106. The van der Waals surface area contributed by atoms with E-state index in [1.54, 1.807) is 6.08 Å². The summed E-state index contributed by atoms with van der Waals surface area (Å²) in [5.74, 6) is -0.234. The molecule has 0 radical (unpaired) electrons. The fourth-order valence-corrected chi connectivity index (χ4v) is 4.87. The molecule has 1 aromatic heterocycles. The minimum Gasteiger partial charge on any atom is -0.337 e. The molecule has 10 heteroatoms. The monoisotopic (exact) mass is 430 g/mol. The highest BCUT2D eigenvalue weighted by molar-refractivity contribution is 7.89. The molecule has 2 heterocycles.